The molecule has 0 bridgehead atoms. The van der Waals surface area contributed by atoms with Crippen molar-refractivity contribution in [1.29, 1.82) is 0 Å². The number of carbonyl (C=O) groups is 2. The average molecular weight is 323 g/mol. The Kier molecular flexibility index (Phi) is 5.46. The van der Waals surface area contributed by atoms with Crippen LogP contribution in [0, 0.1) is 0 Å². The van der Waals surface area contributed by atoms with Gasteiger partial charge in [0.15, 0.2) is 0 Å². The highest BCUT2D eigenvalue weighted by atomic mass is 35.5. The van der Waals surface area contributed by atoms with Gasteiger partial charge in [0.25, 0.3) is 0 Å². The van der Waals surface area contributed by atoms with Gasteiger partial charge in [-0.3, -0.25) is 9.59 Å². The Bertz CT molecular complexity index is 555. The van der Waals surface area contributed by atoms with Gasteiger partial charge in [0.05, 0.1) is 12.0 Å². The second-order valence-corrected chi connectivity index (χ2v) is 6.16. The van der Waals surface area contributed by atoms with E-state index in [-0.39, 0.29) is 18.4 Å². The standard InChI is InChI=1S/C17H23ClN2O2/c1-3-19-15(21)12-20(4-2)16(22)17(9-6-10-17)13-7-5-8-14(18)11-13/h5,7-8,11H,3-4,6,9-10,12H2,1-2H3,(H,19,21). The van der Waals surface area contributed by atoms with Gasteiger partial charge in [0.1, 0.15) is 0 Å². The molecule has 0 aliphatic heterocycles. The Morgan fingerprint density at radius 1 is 1.32 bits per heavy atom. The second kappa shape index (κ2) is 7.14. The van der Waals surface area contributed by atoms with Crippen molar-refractivity contribution in [2.24, 2.45) is 0 Å². The molecule has 1 aromatic carbocycles. The van der Waals surface area contributed by atoms with E-state index in [1.165, 1.54) is 0 Å². The summed E-state index contributed by atoms with van der Waals surface area (Å²) in [6.45, 7) is 4.99. The fraction of sp³-hybridized carbons (Fsp3) is 0.529. The molecule has 4 nitrogen and oxygen atoms in total. The topological polar surface area (TPSA) is 49.4 Å². The number of halogens is 1. The molecule has 2 amide bonds. The van der Waals surface area contributed by atoms with Crippen molar-refractivity contribution in [2.45, 2.75) is 38.5 Å². The molecule has 0 heterocycles. The molecule has 1 aliphatic rings. The van der Waals surface area contributed by atoms with Crippen LogP contribution >= 0.6 is 11.6 Å². The molecule has 0 saturated heterocycles. The largest absolute Gasteiger partial charge is 0.355 e. The predicted molar refractivity (Wildman–Crippen MR) is 87.9 cm³/mol. The fourth-order valence-electron chi connectivity index (χ4n) is 3.00. The molecule has 2 rings (SSSR count). The van der Waals surface area contributed by atoms with Crippen LogP contribution in [0.15, 0.2) is 24.3 Å². The Morgan fingerprint density at radius 3 is 2.55 bits per heavy atom. The van der Waals surface area contributed by atoms with Gasteiger partial charge in [-0.15, -0.1) is 0 Å². The van der Waals surface area contributed by atoms with Gasteiger partial charge >= 0.3 is 0 Å². The van der Waals surface area contributed by atoms with Crippen LogP contribution in [-0.2, 0) is 15.0 Å². The van der Waals surface area contributed by atoms with Crippen molar-refractivity contribution >= 4 is 23.4 Å². The quantitative estimate of drug-likeness (QED) is 0.875. The van der Waals surface area contributed by atoms with Gasteiger partial charge in [0.2, 0.25) is 11.8 Å². The van der Waals surface area contributed by atoms with E-state index in [4.69, 9.17) is 11.6 Å². The first kappa shape index (κ1) is 16.8. The first-order chi connectivity index (χ1) is 10.5. The van der Waals surface area contributed by atoms with Crippen molar-refractivity contribution < 1.29 is 9.59 Å². The Balaban J connectivity index is 2.22. The van der Waals surface area contributed by atoms with Crippen LogP contribution in [0.1, 0.15) is 38.7 Å². The fourth-order valence-corrected chi connectivity index (χ4v) is 3.19. The highest BCUT2D eigenvalue weighted by Crippen LogP contribution is 2.45. The summed E-state index contributed by atoms with van der Waals surface area (Å²) in [6, 6.07) is 7.53. The van der Waals surface area contributed by atoms with Crippen LogP contribution in [0.25, 0.3) is 0 Å². The lowest BCUT2D eigenvalue weighted by Crippen LogP contribution is -2.53. The molecule has 0 unspecified atom stereocenters. The van der Waals surface area contributed by atoms with Crippen LogP contribution < -0.4 is 5.32 Å². The van der Waals surface area contributed by atoms with E-state index < -0.39 is 5.41 Å². The van der Waals surface area contributed by atoms with Gasteiger partial charge in [-0.2, -0.15) is 0 Å². The van der Waals surface area contributed by atoms with Crippen molar-refractivity contribution in [1.82, 2.24) is 10.2 Å². The summed E-state index contributed by atoms with van der Waals surface area (Å²) < 4.78 is 0. The monoisotopic (exact) mass is 322 g/mol. The highest BCUT2D eigenvalue weighted by Gasteiger charge is 2.47. The molecule has 1 saturated carbocycles. The van der Waals surface area contributed by atoms with Crippen LogP contribution in [0.3, 0.4) is 0 Å². The highest BCUT2D eigenvalue weighted by molar-refractivity contribution is 6.30. The summed E-state index contributed by atoms with van der Waals surface area (Å²) in [7, 11) is 0. The molecular formula is C17H23ClN2O2. The lowest BCUT2D eigenvalue weighted by atomic mass is 9.63. The summed E-state index contributed by atoms with van der Waals surface area (Å²) >= 11 is 6.09. The number of hydrogen-bond donors (Lipinski definition) is 1. The van der Waals surface area contributed by atoms with E-state index >= 15 is 0 Å². The van der Waals surface area contributed by atoms with E-state index in [1.54, 1.807) is 4.90 Å². The zero-order valence-corrected chi connectivity index (χ0v) is 13.9. The number of likely N-dealkylation sites (N-methyl/N-ethyl adjacent to an activating group) is 2. The molecule has 0 atom stereocenters. The van der Waals surface area contributed by atoms with Gasteiger partial charge in [-0.05, 0) is 44.4 Å². The molecule has 0 spiro atoms. The Labute approximate surface area is 136 Å². The van der Waals surface area contributed by atoms with Crippen LogP contribution in [0.4, 0.5) is 0 Å². The zero-order valence-electron chi connectivity index (χ0n) is 13.2. The molecular weight excluding hydrogens is 300 g/mol. The summed E-state index contributed by atoms with van der Waals surface area (Å²) in [5.41, 5.74) is 0.457. The summed E-state index contributed by atoms with van der Waals surface area (Å²) in [5.74, 6) is -0.0759. The SMILES string of the molecule is CCNC(=O)CN(CC)C(=O)C1(c2cccc(Cl)c2)CCC1. The average Bonchev–Trinajstić information content (AvgIpc) is 2.44. The maximum atomic E-state index is 13.0. The maximum Gasteiger partial charge on any atom is 0.239 e. The summed E-state index contributed by atoms with van der Waals surface area (Å²) in [4.78, 5) is 26.5. The van der Waals surface area contributed by atoms with E-state index in [2.05, 4.69) is 5.32 Å². The van der Waals surface area contributed by atoms with Gasteiger partial charge < -0.3 is 10.2 Å². The first-order valence-corrected chi connectivity index (χ1v) is 8.23. The van der Waals surface area contributed by atoms with E-state index in [0.717, 1.165) is 24.8 Å². The predicted octanol–water partition coefficient (Wildman–Crippen LogP) is 2.75. The zero-order chi connectivity index (χ0) is 16.2. The number of carbonyl (C=O) groups excluding carboxylic acids is 2. The second-order valence-electron chi connectivity index (χ2n) is 5.72. The number of hydrogen-bond acceptors (Lipinski definition) is 2. The van der Waals surface area contributed by atoms with Crippen molar-refractivity contribution in [3.05, 3.63) is 34.9 Å². The minimum Gasteiger partial charge on any atom is -0.355 e. The first-order valence-electron chi connectivity index (χ1n) is 7.85. The van der Waals surface area contributed by atoms with E-state index in [1.807, 2.05) is 38.1 Å². The number of nitrogens with zero attached hydrogens (tertiary/aromatic N) is 1. The normalized spacial score (nSPS) is 15.8. The molecule has 22 heavy (non-hydrogen) atoms. The van der Waals surface area contributed by atoms with Gasteiger partial charge in [-0.1, -0.05) is 30.2 Å². The molecule has 1 aliphatic carbocycles. The lowest BCUT2D eigenvalue weighted by molar-refractivity contribution is -0.143. The molecule has 1 fully saturated rings. The molecule has 0 radical (unpaired) electrons. The maximum absolute atomic E-state index is 13.0. The van der Waals surface area contributed by atoms with Crippen LogP contribution in [-0.4, -0.2) is 36.3 Å². The lowest BCUT2D eigenvalue weighted by Gasteiger charge is -2.43. The molecule has 5 heteroatoms. The number of amides is 2. The number of benzene rings is 1. The van der Waals surface area contributed by atoms with Gasteiger partial charge in [0, 0.05) is 18.1 Å². The van der Waals surface area contributed by atoms with Crippen molar-refractivity contribution in [3.8, 4) is 0 Å². The van der Waals surface area contributed by atoms with E-state index in [9.17, 15) is 9.59 Å². The third kappa shape index (κ3) is 3.27. The smallest absolute Gasteiger partial charge is 0.239 e. The molecule has 1 N–H and O–H groups in total. The molecule has 1 aromatic rings. The minimum atomic E-state index is -0.507. The Morgan fingerprint density at radius 2 is 2.05 bits per heavy atom. The number of rotatable bonds is 6. The van der Waals surface area contributed by atoms with Crippen LogP contribution in [0.5, 0.6) is 0 Å². The van der Waals surface area contributed by atoms with E-state index in [0.29, 0.717) is 18.1 Å². The molecule has 120 valence electrons. The van der Waals surface area contributed by atoms with Crippen molar-refractivity contribution in [2.75, 3.05) is 19.6 Å². The van der Waals surface area contributed by atoms with Crippen LogP contribution in [0.2, 0.25) is 5.02 Å². The Hall–Kier alpha value is -1.55. The minimum absolute atomic E-state index is 0.0368. The van der Waals surface area contributed by atoms with Gasteiger partial charge in [-0.25, -0.2) is 0 Å². The third-order valence-corrected chi connectivity index (χ3v) is 4.61. The molecule has 0 aromatic heterocycles. The summed E-state index contributed by atoms with van der Waals surface area (Å²) in [6.07, 6.45) is 2.66. The third-order valence-electron chi connectivity index (χ3n) is 4.37. The number of nitrogens with one attached hydrogen (secondary N) is 1. The summed E-state index contributed by atoms with van der Waals surface area (Å²) in [5, 5.41) is 3.39. The van der Waals surface area contributed by atoms with Crippen molar-refractivity contribution in [3.63, 3.8) is 0 Å².